The quantitative estimate of drug-likeness (QED) is 0.101. The van der Waals surface area contributed by atoms with Gasteiger partial charge in [0.2, 0.25) is 0 Å². The van der Waals surface area contributed by atoms with Crippen LogP contribution in [-0.4, -0.2) is 37.3 Å². The van der Waals surface area contributed by atoms with Crippen molar-refractivity contribution in [1.29, 1.82) is 10.5 Å². The highest BCUT2D eigenvalue weighted by atomic mass is 32.1. The van der Waals surface area contributed by atoms with E-state index in [1.165, 1.54) is 5.56 Å². The van der Waals surface area contributed by atoms with E-state index in [0.29, 0.717) is 46.3 Å². The van der Waals surface area contributed by atoms with Crippen molar-refractivity contribution in [2.75, 3.05) is 18.1 Å². The highest BCUT2D eigenvalue weighted by molar-refractivity contribution is 7.16. The molecule has 1 aromatic heterocycles. The van der Waals surface area contributed by atoms with Gasteiger partial charge < -0.3 is 19.2 Å². The van der Waals surface area contributed by atoms with Crippen molar-refractivity contribution in [3.05, 3.63) is 75.7 Å². The fraction of sp³-hybridized carbons (Fsp3) is 0.394. The standard InChI is InChI=1S/C33H38N6O5S/c1-22-18-27(10-11-29(22)37-38-33-28(19-34)25(4)30(20-35)45-33)39(21-26-8-6-5-7-9-26)16-14-23(2)42-17-15-24(3)43-31(40)12-13-32(41)44-36/h5-11,18,23-24H,12-17,21,36H2,1-4H3. The first-order valence-corrected chi connectivity index (χ1v) is 15.4. The van der Waals surface area contributed by atoms with Crippen LogP contribution >= 0.6 is 11.3 Å². The van der Waals surface area contributed by atoms with Gasteiger partial charge in [0.25, 0.3) is 0 Å². The molecule has 2 atom stereocenters. The molecule has 0 saturated carbocycles. The predicted molar refractivity (Wildman–Crippen MR) is 171 cm³/mol. The number of carbonyl (C=O) groups is 2. The van der Waals surface area contributed by atoms with Gasteiger partial charge in [-0.15, -0.1) is 21.6 Å². The molecular weight excluding hydrogens is 592 g/mol. The van der Waals surface area contributed by atoms with E-state index in [0.717, 1.165) is 35.6 Å². The zero-order valence-corrected chi connectivity index (χ0v) is 26.8. The van der Waals surface area contributed by atoms with Crippen LogP contribution in [0.3, 0.4) is 0 Å². The Bertz CT molecular complexity index is 1560. The number of thiophene rings is 1. The molecule has 0 aliphatic rings. The number of anilines is 1. The number of nitrogens with zero attached hydrogens (tertiary/aromatic N) is 5. The van der Waals surface area contributed by atoms with Crippen LogP contribution in [0.4, 0.5) is 16.4 Å². The second-order valence-corrected chi connectivity index (χ2v) is 11.6. The zero-order valence-electron chi connectivity index (χ0n) is 26.0. The summed E-state index contributed by atoms with van der Waals surface area (Å²) in [5, 5.41) is 28.0. The lowest BCUT2D eigenvalue weighted by Crippen LogP contribution is -2.27. The summed E-state index contributed by atoms with van der Waals surface area (Å²) in [5.41, 5.74) is 4.81. The van der Waals surface area contributed by atoms with E-state index in [-0.39, 0.29) is 25.0 Å². The van der Waals surface area contributed by atoms with Gasteiger partial charge in [-0.2, -0.15) is 16.4 Å². The molecular formula is C33H38N6O5S. The summed E-state index contributed by atoms with van der Waals surface area (Å²) in [5.74, 6) is 3.64. The molecule has 0 bridgehead atoms. The van der Waals surface area contributed by atoms with Crippen molar-refractivity contribution in [3.63, 3.8) is 0 Å². The van der Waals surface area contributed by atoms with Gasteiger partial charge in [-0.05, 0) is 69.0 Å². The van der Waals surface area contributed by atoms with E-state index >= 15 is 0 Å². The fourth-order valence-corrected chi connectivity index (χ4v) is 5.30. The van der Waals surface area contributed by atoms with Crippen LogP contribution in [0.25, 0.3) is 0 Å². The summed E-state index contributed by atoms with van der Waals surface area (Å²) in [6, 6.07) is 20.4. The van der Waals surface area contributed by atoms with Crippen molar-refractivity contribution < 1.29 is 23.9 Å². The molecule has 2 unspecified atom stereocenters. The number of aryl methyl sites for hydroxylation is 1. The van der Waals surface area contributed by atoms with Gasteiger partial charge in [-0.3, -0.25) is 9.59 Å². The molecule has 12 heteroatoms. The number of benzene rings is 2. The van der Waals surface area contributed by atoms with Crippen LogP contribution in [0, 0.1) is 36.5 Å². The highest BCUT2D eigenvalue weighted by Gasteiger charge is 2.16. The molecule has 0 radical (unpaired) electrons. The molecule has 1 heterocycles. The minimum Gasteiger partial charge on any atom is -0.463 e. The minimum atomic E-state index is -0.662. The minimum absolute atomic E-state index is 0.0402. The lowest BCUT2D eigenvalue weighted by atomic mass is 10.1. The van der Waals surface area contributed by atoms with E-state index in [4.69, 9.17) is 15.4 Å². The number of rotatable bonds is 16. The Labute approximate surface area is 267 Å². The number of hydrogen-bond donors (Lipinski definition) is 1. The largest absolute Gasteiger partial charge is 0.463 e. The molecule has 0 aliphatic carbocycles. The third kappa shape index (κ3) is 10.8. The molecule has 0 saturated heterocycles. The number of ether oxygens (including phenoxy) is 2. The number of carbonyl (C=O) groups excluding carboxylic acids is 2. The van der Waals surface area contributed by atoms with E-state index in [1.54, 1.807) is 13.8 Å². The summed E-state index contributed by atoms with van der Waals surface area (Å²) in [6.07, 6.45) is 0.691. The Morgan fingerprint density at radius 2 is 1.71 bits per heavy atom. The van der Waals surface area contributed by atoms with Crippen LogP contribution in [0.1, 0.15) is 66.7 Å². The van der Waals surface area contributed by atoms with E-state index < -0.39 is 11.9 Å². The van der Waals surface area contributed by atoms with Crippen molar-refractivity contribution in [2.24, 2.45) is 16.1 Å². The molecule has 2 N–H and O–H groups in total. The number of esters is 1. The van der Waals surface area contributed by atoms with Crippen molar-refractivity contribution in [1.82, 2.24) is 0 Å². The molecule has 0 amide bonds. The highest BCUT2D eigenvalue weighted by Crippen LogP contribution is 2.36. The van der Waals surface area contributed by atoms with Crippen molar-refractivity contribution in [2.45, 2.75) is 72.1 Å². The Morgan fingerprint density at radius 3 is 2.38 bits per heavy atom. The van der Waals surface area contributed by atoms with Gasteiger partial charge in [0.05, 0.1) is 36.8 Å². The second-order valence-electron chi connectivity index (χ2n) is 10.6. The molecule has 3 rings (SSSR count). The summed E-state index contributed by atoms with van der Waals surface area (Å²) in [6.45, 7) is 9.37. The molecule has 0 aliphatic heterocycles. The third-order valence-corrected chi connectivity index (χ3v) is 8.16. The number of nitriles is 2. The van der Waals surface area contributed by atoms with Crippen LogP contribution in [0.2, 0.25) is 0 Å². The lowest BCUT2D eigenvalue weighted by Gasteiger charge is -2.27. The molecule has 236 valence electrons. The number of nitrogens with two attached hydrogens (primary N) is 1. The maximum Gasteiger partial charge on any atom is 0.325 e. The maximum atomic E-state index is 11.9. The third-order valence-electron chi connectivity index (χ3n) is 7.08. The second kappa shape index (κ2) is 17.6. The Balaban J connectivity index is 1.62. The lowest BCUT2D eigenvalue weighted by molar-refractivity contribution is -0.154. The van der Waals surface area contributed by atoms with E-state index in [9.17, 15) is 20.1 Å². The van der Waals surface area contributed by atoms with Gasteiger partial charge in [0.1, 0.15) is 23.1 Å². The monoisotopic (exact) mass is 630 g/mol. The Kier molecular flexibility index (Phi) is 13.7. The fourth-order valence-electron chi connectivity index (χ4n) is 4.42. The van der Waals surface area contributed by atoms with Gasteiger partial charge >= 0.3 is 11.9 Å². The van der Waals surface area contributed by atoms with Gasteiger partial charge in [0, 0.05) is 25.2 Å². The van der Waals surface area contributed by atoms with Crippen LogP contribution in [0.15, 0.2) is 58.8 Å². The Morgan fingerprint density at radius 1 is 0.978 bits per heavy atom. The summed E-state index contributed by atoms with van der Waals surface area (Å²) in [4.78, 5) is 29.8. The SMILES string of the molecule is Cc1cc(N(CCC(C)OCCC(C)OC(=O)CCC(=O)ON)Cc2ccccc2)ccc1N=Nc1sc(C#N)c(C)c1C#N. The molecule has 0 spiro atoms. The predicted octanol–water partition coefficient (Wildman–Crippen LogP) is 6.84. The zero-order chi connectivity index (χ0) is 32.8. The summed E-state index contributed by atoms with van der Waals surface area (Å²) >= 11 is 1.16. The van der Waals surface area contributed by atoms with E-state index in [1.807, 2.05) is 44.2 Å². The van der Waals surface area contributed by atoms with E-state index in [2.05, 4.69) is 50.3 Å². The van der Waals surface area contributed by atoms with Gasteiger partial charge in [-0.1, -0.05) is 30.3 Å². The van der Waals surface area contributed by atoms with Crippen LogP contribution < -0.4 is 10.8 Å². The molecule has 2 aromatic carbocycles. The van der Waals surface area contributed by atoms with Crippen LogP contribution in [-0.2, 0) is 30.4 Å². The Hall–Kier alpha value is -4.62. The summed E-state index contributed by atoms with van der Waals surface area (Å²) in [7, 11) is 0. The molecule has 45 heavy (non-hydrogen) atoms. The van der Waals surface area contributed by atoms with Gasteiger partial charge in [-0.25, -0.2) is 0 Å². The molecule has 11 nitrogen and oxygen atoms in total. The number of hydrogen-bond acceptors (Lipinski definition) is 12. The normalized spacial score (nSPS) is 12.2. The smallest absolute Gasteiger partial charge is 0.325 e. The van der Waals surface area contributed by atoms with Crippen LogP contribution in [0.5, 0.6) is 0 Å². The topological polar surface area (TPSA) is 163 Å². The number of azo groups is 1. The summed E-state index contributed by atoms with van der Waals surface area (Å²) < 4.78 is 11.3. The van der Waals surface area contributed by atoms with Gasteiger partial charge in [0.15, 0.2) is 5.00 Å². The molecule has 0 fully saturated rings. The molecule has 3 aromatic rings. The average molecular weight is 631 g/mol. The van der Waals surface area contributed by atoms with Crippen molar-refractivity contribution in [3.8, 4) is 12.1 Å². The first-order chi connectivity index (χ1) is 21.6. The van der Waals surface area contributed by atoms with Crippen molar-refractivity contribution >= 4 is 39.7 Å². The maximum absolute atomic E-state index is 11.9. The first kappa shape index (κ1) is 34.9. The average Bonchev–Trinajstić information content (AvgIpc) is 3.35. The first-order valence-electron chi connectivity index (χ1n) is 14.6.